The van der Waals surface area contributed by atoms with Crippen molar-refractivity contribution in [3.63, 3.8) is 0 Å². The molecule has 0 aromatic rings. The molecule has 2 heterocycles. The molecular weight excluding hydrogens is 124 g/mol. The molecular formula is C8H12N2. The lowest BCUT2D eigenvalue weighted by Gasteiger charge is -2.14. The first-order valence-corrected chi connectivity index (χ1v) is 4.03. The fourth-order valence-electron chi connectivity index (χ4n) is 2.32. The first-order valence-electron chi connectivity index (χ1n) is 4.03. The molecule has 2 fully saturated rings. The van der Waals surface area contributed by atoms with Gasteiger partial charge in [-0.05, 0) is 31.8 Å². The second-order valence-corrected chi connectivity index (χ2v) is 3.30. The molecule has 1 unspecified atom stereocenters. The van der Waals surface area contributed by atoms with Gasteiger partial charge in [0.25, 0.3) is 0 Å². The van der Waals surface area contributed by atoms with E-state index in [1.807, 2.05) is 0 Å². The molecule has 2 heteroatoms. The van der Waals surface area contributed by atoms with Crippen molar-refractivity contribution in [1.29, 1.82) is 5.26 Å². The van der Waals surface area contributed by atoms with Crippen molar-refractivity contribution in [3.8, 4) is 6.07 Å². The monoisotopic (exact) mass is 136 g/mol. The van der Waals surface area contributed by atoms with E-state index in [1.165, 1.54) is 25.9 Å². The third-order valence-corrected chi connectivity index (χ3v) is 2.89. The van der Waals surface area contributed by atoms with Gasteiger partial charge in [0, 0.05) is 6.04 Å². The second-order valence-electron chi connectivity index (χ2n) is 3.30. The zero-order valence-corrected chi connectivity index (χ0v) is 6.08. The maximum Gasteiger partial charge on any atom is 0.0638 e. The van der Waals surface area contributed by atoms with Gasteiger partial charge in [-0.2, -0.15) is 5.26 Å². The summed E-state index contributed by atoms with van der Waals surface area (Å²) in [6.07, 6.45) is 3.43. The van der Waals surface area contributed by atoms with E-state index in [9.17, 15) is 0 Å². The third kappa shape index (κ3) is 0.741. The van der Waals surface area contributed by atoms with Crippen LogP contribution >= 0.6 is 0 Å². The second kappa shape index (κ2) is 2.25. The van der Waals surface area contributed by atoms with Gasteiger partial charge >= 0.3 is 0 Å². The van der Waals surface area contributed by atoms with Crippen molar-refractivity contribution >= 4 is 0 Å². The van der Waals surface area contributed by atoms with Gasteiger partial charge in [-0.1, -0.05) is 0 Å². The van der Waals surface area contributed by atoms with Gasteiger partial charge in [-0.3, -0.25) is 4.90 Å². The number of fused-ring (bicyclic) bond motifs is 2. The van der Waals surface area contributed by atoms with Gasteiger partial charge in [-0.15, -0.1) is 0 Å². The van der Waals surface area contributed by atoms with Gasteiger partial charge in [-0.25, -0.2) is 0 Å². The van der Waals surface area contributed by atoms with Crippen LogP contribution in [0.2, 0.25) is 0 Å². The van der Waals surface area contributed by atoms with Gasteiger partial charge in [0.1, 0.15) is 0 Å². The highest BCUT2D eigenvalue weighted by Crippen LogP contribution is 2.35. The van der Waals surface area contributed by atoms with E-state index in [2.05, 4.69) is 11.0 Å². The first-order chi connectivity index (χ1) is 4.92. The van der Waals surface area contributed by atoms with E-state index in [0.717, 1.165) is 12.3 Å². The lowest BCUT2D eigenvalue weighted by molar-refractivity contribution is 0.303. The Labute approximate surface area is 61.4 Å². The number of rotatable bonds is 1. The quantitative estimate of drug-likeness (QED) is 0.537. The summed E-state index contributed by atoms with van der Waals surface area (Å²) in [7, 11) is 0. The Hall–Kier alpha value is -0.550. The molecule has 0 aromatic carbocycles. The lowest BCUT2D eigenvalue weighted by Crippen LogP contribution is -2.25. The van der Waals surface area contributed by atoms with E-state index in [0.29, 0.717) is 6.04 Å². The van der Waals surface area contributed by atoms with Gasteiger partial charge in [0.2, 0.25) is 0 Å². The molecule has 0 amide bonds. The molecule has 2 nitrogen and oxygen atoms in total. The van der Waals surface area contributed by atoms with Crippen molar-refractivity contribution in [1.82, 2.24) is 4.90 Å². The largest absolute Gasteiger partial charge is 0.299 e. The van der Waals surface area contributed by atoms with Gasteiger partial charge in [0.15, 0.2) is 0 Å². The Bertz CT molecular complexity index is 151. The van der Waals surface area contributed by atoms with Crippen molar-refractivity contribution in [2.75, 3.05) is 13.1 Å². The molecule has 0 N–H and O–H groups in total. The molecule has 1 atom stereocenters. The molecule has 0 radical (unpaired) electrons. The molecule has 0 aromatic heterocycles. The number of nitrogens with zero attached hydrogens (tertiary/aromatic N) is 2. The van der Waals surface area contributed by atoms with E-state index < -0.39 is 0 Å². The minimum absolute atomic E-state index is 0.630. The number of piperidine rings is 1. The zero-order chi connectivity index (χ0) is 6.97. The van der Waals surface area contributed by atoms with Crippen LogP contribution in [0.1, 0.15) is 19.3 Å². The summed E-state index contributed by atoms with van der Waals surface area (Å²) in [4.78, 5) is 2.47. The molecule has 2 saturated heterocycles. The molecule has 2 aliphatic rings. The number of hydrogen-bond acceptors (Lipinski definition) is 2. The highest BCUT2D eigenvalue weighted by Gasteiger charge is 2.38. The van der Waals surface area contributed by atoms with E-state index >= 15 is 0 Å². The minimum atomic E-state index is 0.630. The predicted octanol–water partition coefficient (Wildman–Crippen LogP) is 0.994. The Balaban J connectivity index is 2.04. The maximum atomic E-state index is 8.51. The molecule has 0 aliphatic carbocycles. The molecule has 2 aliphatic heterocycles. The molecule has 2 bridgehead atoms. The van der Waals surface area contributed by atoms with Crippen LogP contribution in [-0.2, 0) is 0 Å². The summed E-state index contributed by atoms with van der Waals surface area (Å²) in [5.74, 6) is 0.861. The number of nitriles is 1. The molecule has 0 spiro atoms. The lowest BCUT2D eigenvalue weighted by atomic mass is 9.98. The topological polar surface area (TPSA) is 27.0 Å². The van der Waals surface area contributed by atoms with Crippen molar-refractivity contribution < 1.29 is 0 Å². The summed E-state index contributed by atoms with van der Waals surface area (Å²) >= 11 is 0. The Morgan fingerprint density at radius 3 is 2.50 bits per heavy atom. The Morgan fingerprint density at radius 1 is 1.40 bits per heavy atom. The third-order valence-electron chi connectivity index (χ3n) is 2.89. The van der Waals surface area contributed by atoms with Crippen LogP contribution < -0.4 is 0 Å². The fourth-order valence-corrected chi connectivity index (χ4v) is 2.32. The SMILES string of the molecule is N#CCC1C2CCN1CC2. The van der Waals surface area contributed by atoms with Crippen LogP contribution in [0, 0.1) is 17.2 Å². The molecule has 54 valence electrons. The zero-order valence-electron chi connectivity index (χ0n) is 6.08. The standard InChI is InChI=1S/C8H12N2/c9-4-1-8-7-2-5-10(8)6-3-7/h7-8H,1-3,5-6H2. The molecule has 2 rings (SSSR count). The van der Waals surface area contributed by atoms with Crippen LogP contribution in [0.3, 0.4) is 0 Å². The van der Waals surface area contributed by atoms with Gasteiger partial charge < -0.3 is 0 Å². The maximum absolute atomic E-state index is 8.51. The van der Waals surface area contributed by atoms with Crippen LogP contribution in [0.4, 0.5) is 0 Å². The summed E-state index contributed by atoms with van der Waals surface area (Å²) in [5, 5.41) is 8.51. The summed E-state index contributed by atoms with van der Waals surface area (Å²) in [5.41, 5.74) is 0. The summed E-state index contributed by atoms with van der Waals surface area (Å²) < 4.78 is 0. The fraction of sp³-hybridized carbons (Fsp3) is 0.875. The first kappa shape index (κ1) is 6.18. The van der Waals surface area contributed by atoms with E-state index in [4.69, 9.17) is 5.26 Å². The predicted molar refractivity (Wildman–Crippen MR) is 38.3 cm³/mol. The Kier molecular flexibility index (Phi) is 1.39. The average Bonchev–Trinajstić information content (AvgIpc) is 2.50. The molecule has 0 saturated carbocycles. The summed E-state index contributed by atoms with van der Waals surface area (Å²) in [6.45, 7) is 2.49. The highest BCUT2D eigenvalue weighted by atomic mass is 15.2. The molecule has 10 heavy (non-hydrogen) atoms. The van der Waals surface area contributed by atoms with Crippen LogP contribution in [0.5, 0.6) is 0 Å². The average molecular weight is 136 g/mol. The van der Waals surface area contributed by atoms with Crippen LogP contribution in [0.15, 0.2) is 0 Å². The van der Waals surface area contributed by atoms with E-state index in [-0.39, 0.29) is 0 Å². The Morgan fingerprint density at radius 2 is 2.10 bits per heavy atom. The van der Waals surface area contributed by atoms with Crippen molar-refractivity contribution in [3.05, 3.63) is 0 Å². The smallest absolute Gasteiger partial charge is 0.0638 e. The van der Waals surface area contributed by atoms with Crippen LogP contribution in [-0.4, -0.2) is 24.0 Å². The van der Waals surface area contributed by atoms with E-state index in [1.54, 1.807) is 0 Å². The summed E-state index contributed by atoms with van der Waals surface area (Å²) in [6, 6.07) is 2.90. The van der Waals surface area contributed by atoms with Crippen molar-refractivity contribution in [2.45, 2.75) is 25.3 Å². The van der Waals surface area contributed by atoms with Crippen molar-refractivity contribution in [2.24, 2.45) is 5.92 Å². The van der Waals surface area contributed by atoms with Crippen LogP contribution in [0.25, 0.3) is 0 Å². The minimum Gasteiger partial charge on any atom is -0.299 e. The highest BCUT2D eigenvalue weighted by molar-refractivity contribution is 4.97. The van der Waals surface area contributed by atoms with Gasteiger partial charge in [0.05, 0.1) is 12.5 Å². The normalized spacial score (nSPS) is 43.7. The number of hydrogen-bond donors (Lipinski definition) is 0.